The largest absolute Gasteiger partial charge is 0.353 e. The standard InChI is InChI=1S/C17H20ClN5O2S/c1-11(24)23-8-6-14(7-9-23)19-15(25)10-26-17-20-16(21-22-17)12-2-4-13(18)5-3-12/h2-5,14H,6-10H2,1H3,(H,19,25)(H,20,21,22). The number of H-pyrrole nitrogens is 1. The Balaban J connectivity index is 1.45. The van der Waals surface area contributed by atoms with Gasteiger partial charge in [0.05, 0.1) is 5.75 Å². The molecular weight excluding hydrogens is 374 g/mol. The average Bonchev–Trinajstić information content (AvgIpc) is 3.10. The fourth-order valence-electron chi connectivity index (χ4n) is 2.79. The zero-order valence-corrected chi connectivity index (χ0v) is 15.9. The van der Waals surface area contributed by atoms with E-state index >= 15 is 0 Å². The molecule has 1 aliphatic heterocycles. The number of hydrogen-bond donors (Lipinski definition) is 2. The quantitative estimate of drug-likeness (QED) is 0.761. The third-order valence-electron chi connectivity index (χ3n) is 4.22. The summed E-state index contributed by atoms with van der Waals surface area (Å²) < 4.78 is 0. The predicted molar refractivity (Wildman–Crippen MR) is 101 cm³/mol. The molecule has 0 saturated carbocycles. The molecule has 26 heavy (non-hydrogen) atoms. The Morgan fingerprint density at radius 1 is 1.31 bits per heavy atom. The topological polar surface area (TPSA) is 91.0 Å². The second-order valence-electron chi connectivity index (χ2n) is 6.11. The minimum atomic E-state index is -0.0471. The van der Waals surface area contributed by atoms with Crippen LogP contribution in [0.3, 0.4) is 0 Å². The lowest BCUT2D eigenvalue weighted by atomic mass is 10.1. The van der Waals surface area contributed by atoms with Crippen molar-refractivity contribution in [2.45, 2.75) is 31.0 Å². The van der Waals surface area contributed by atoms with E-state index in [2.05, 4.69) is 20.5 Å². The molecule has 3 rings (SSSR count). The molecule has 2 amide bonds. The number of benzene rings is 1. The van der Waals surface area contributed by atoms with Gasteiger partial charge in [-0.05, 0) is 37.1 Å². The van der Waals surface area contributed by atoms with Gasteiger partial charge in [-0.3, -0.25) is 14.7 Å². The fraction of sp³-hybridized carbons (Fsp3) is 0.412. The summed E-state index contributed by atoms with van der Waals surface area (Å²) >= 11 is 7.16. The van der Waals surface area contributed by atoms with Crippen LogP contribution >= 0.6 is 23.4 Å². The van der Waals surface area contributed by atoms with Crippen molar-refractivity contribution in [3.8, 4) is 11.4 Å². The normalized spacial score (nSPS) is 15.1. The van der Waals surface area contributed by atoms with Gasteiger partial charge in [0.1, 0.15) is 0 Å². The van der Waals surface area contributed by atoms with E-state index in [1.165, 1.54) is 11.8 Å². The first-order valence-electron chi connectivity index (χ1n) is 8.37. The number of nitrogens with one attached hydrogen (secondary N) is 2. The molecule has 0 radical (unpaired) electrons. The van der Waals surface area contributed by atoms with Crippen molar-refractivity contribution in [2.75, 3.05) is 18.8 Å². The number of piperidine rings is 1. The van der Waals surface area contributed by atoms with Gasteiger partial charge in [-0.25, -0.2) is 4.98 Å². The minimum Gasteiger partial charge on any atom is -0.353 e. The molecule has 1 saturated heterocycles. The molecule has 1 aromatic carbocycles. The van der Waals surface area contributed by atoms with E-state index in [1.807, 2.05) is 17.0 Å². The van der Waals surface area contributed by atoms with Crippen molar-refractivity contribution in [3.63, 3.8) is 0 Å². The zero-order chi connectivity index (χ0) is 18.5. The Bertz CT molecular complexity index is 772. The van der Waals surface area contributed by atoms with Gasteiger partial charge in [0.2, 0.25) is 17.0 Å². The van der Waals surface area contributed by atoms with Crippen molar-refractivity contribution in [3.05, 3.63) is 29.3 Å². The number of thioether (sulfide) groups is 1. The number of amides is 2. The van der Waals surface area contributed by atoms with E-state index in [0.29, 0.717) is 29.1 Å². The monoisotopic (exact) mass is 393 g/mol. The zero-order valence-electron chi connectivity index (χ0n) is 14.4. The van der Waals surface area contributed by atoms with Crippen LogP contribution in [0.4, 0.5) is 0 Å². The summed E-state index contributed by atoms with van der Waals surface area (Å²) in [6.07, 6.45) is 1.58. The van der Waals surface area contributed by atoms with Crippen LogP contribution in [0.25, 0.3) is 11.4 Å². The molecule has 138 valence electrons. The SMILES string of the molecule is CC(=O)N1CCC(NC(=O)CSc2n[nH]c(-c3ccc(Cl)cc3)n2)CC1. The molecule has 9 heteroatoms. The number of carbonyl (C=O) groups is 2. The van der Waals surface area contributed by atoms with Crippen molar-refractivity contribution < 1.29 is 9.59 Å². The van der Waals surface area contributed by atoms with E-state index in [-0.39, 0.29) is 23.6 Å². The Hall–Kier alpha value is -2.06. The summed E-state index contributed by atoms with van der Waals surface area (Å²) in [4.78, 5) is 29.6. The Morgan fingerprint density at radius 3 is 2.65 bits per heavy atom. The van der Waals surface area contributed by atoms with E-state index < -0.39 is 0 Å². The van der Waals surface area contributed by atoms with Crippen LogP contribution in [0.15, 0.2) is 29.4 Å². The van der Waals surface area contributed by atoms with Crippen LogP contribution in [0.2, 0.25) is 5.02 Å². The molecule has 7 nitrogen and oxygen atoms in total. The molecule has 1 fully saturated rings. The number of aromatic nitrogens is 3. The number of nitrogens with zero attached hydrogens (tertiary/aromatic N) is 3. The molecular formula is C17H20ClN5O2S. The van der Waals surface area contributed by atoms with Gasteiger partial charge in [0.15, 0.2) is 5.82 Å². The molecule has 1 aliphatic rings. The summed E-state index contributed by atoms with van der Waals surface area (Å²) in [5, 5.41) is 11.2. The molecule has 0 spiro atoms. The number of likely N-dealkylation sites (tertiary alicyclic amines) is 1. The Morgan fingerprint density at radius 2 is 2.00 bits per heavy atom. The molecule has 2 aromatic rings. The van der Waals surface area contributed by atoms with E-state index in [0.717, 1.165) is 18.4 Å². The summed E-state index contributed by atoms with van der Waals surface area (Å²) in [6.45, 7) is 2.96. The van der Waals surface area contributed by atoms with Crippen LogP contribution in [0.1, 0.15) is 19.8 Å². The highest BCUT2D eigenvalue weighted by Crippen LogP contribution is 2.21. The van der Waals surface area contributed by atoms with E-state index in [9.17, 15) is 9.59 Å². The molecule has 2 N–H and O–H groups in total. The van der Waals surface area contributed by atoms with Crippen molar-refractivity contribution in [1.29, 1.82) is 0 Å². The number of aromatic amines is 1. The molecule has 1 aromatic heterocycles. The van der Waals surface area contributed by atoms with Crippen molar-refractivity contribution >= 4 is 35.2 Å². The highest BCUT2D eigenvalue weighted by atomic mass is 35.5. The van der Waals surface area contributed by atoms with Crippen LogP contribution in [-0.4, -0.2) is 56.8 Å². The number of hydrogen-bond acceptors (Lipinski definition) is 5. The third-order valence-corrected chi connectivity index (χ3v) is 5.32. The summed E-state index contributed by atoms with van der Waals surface area (Å²) in [5.74, 6) is 0.937. The summed E-state index contributed by atoms with van der Waals surface area (Å²) in [6, 6.07) is 7.42. The lowest BCUT2D eigenvalue weighted by molar-refractivity contribution is -0.130. The van der Waals surface area contributed by atoms with E-state index in [4.69, 9.17) is 11.6 Å². The van der Waals surface area contributed by atoms with Gasteiger partial charge in [0, 0.05) is 36.6 Å². The van der Waals surface area contributed by atoms with Gasteiger partial charge in [-0.2, -0.15) is 0 Å². The minimum absolute atomic E-state index is 0.0471. The second kappa shape index (κ2) is 8.55. The lowest BCUT2D eigenvalue weighted by Crippen LogP contribution is -2.46. The smallest absolute Gasteiger partial charge is 0.230 e. The molecule has 0 unspecified atom stereocenters. The maximum Gasteiger partial charge on any atom is 0.230 e. The second-order valence-corrected chi connectivity index (χ2v) is 7.49. The van der Waals surface area contributed by atoms with Crippen LogP contribution in [-0.2, 0) is 9.59 Å². The maximum atomic E-state index is 12.1. The fourth-order valence-corrected chi connectivity index (χ4v) is 3.52. The summed E-state index contributed by atoms with van der Waals surface area (Å²) in [7, 11) is 0. The highest BCUT2D eigenvalue weighted by Gasteiger charge is 2.22. The van der Waals surface area contributed by atoms with Gasteiger partial charge < -0.3 is 10.2 Å². The van der Waals surface area contributed by atoms with Crippen LogP contribution in [0.5, 0.6) is 0 Å². The first-order valence-corrected chi connectivity index (χ1v) is 9.73. The van der Waals surface area contributed by atoms with Gasteiger partial charge in [-0.15, -0.1) is 5.10 Å². The van der Waals surface area contributed by atoms with Gasteiger partial charge in [0.25, 0.3) is 0 Å². The molecule has 0 aliphatic carbocycles. The van der Waals surface area contributed by atoms with Gasteiger partial charge >= 0.3 is 0 Å². The van der Waals surface area contributed by atoms with Crippen LogP contribution < -0.4 is 5.32 Å². The maximum absolute atomic E-state index is 12.1. The molecule has 2 heterocycles. The first kappa shape index (κ1) is 18.7. The molecule has 0 atom stereocenters. The van der Waals surface area contributed by atoms with E-state index in [1.54, 1.807) is 19.1 Å². The summed E-state index contributed by atoms with van der Waals surface area (Å²) in [5.41, 5.74) is 0.885. The third kappa shape index (κ3) is 4.98. The average molecular weight is 394 g/mol. The molecule has 0 bridgehead atoms. The highest BCUT2D eigenvalue weighted by molar-refractivity contribution is 7.99. The number of carbonyl (C=O) groups excluding carboxylic acids is 2. The number of halogens is 1. The van der Waals surface area contributed by atoms with Crippen molar-refractivity contribution in [1.82, 2.24) is 25.4 Å². The Kier molecular flexibility index (Phi) is 6.16. The number of rotatable bonds is 5. The van der Waals surface area contributed by atoms with Gasteiger partial charge in [-0.1, -0.05) is 23.4 Å². The first-order chi connectivity index (χ1) is 12.5. The predicted octanol–water partition coefficient (Wildman–Crippen LogP) is 2.34. The Labute approximate surface area is 160 Å². The van der Waals surface area contributed by atoms with Crippen LogP contribution in [0, 0.1) is 0 Å². The van der Waals surface area contributed by atoms with Crippen molar-refractivity contribution in [2.24, 2.45) is 0 Å². The lowest BCUT2D eigenvalue weighted by Gasteiger charge is -2.31.